The Morgan fingerprint density at radius 2 is 1.86 bits per heavy atom. The minimum Gasteiger partial charge on any atom is -0.334 e. The number of nitrogens with zero attached hydrogens (tertiary/aromatic N) is 4. The highest BCUT2D eigenvalue weighted by Gasteiger charge is 2.06. The lowest BCUT2D eigenvalue weighted by Crippen LogP contribution is -1.88. The SMILES string of the molecule is Cn1cnc2cc(C#N)c(C#N)cc21. The van der Waals surface area contributed by atoms with Crippen molar-refractivity contribution in [1.82, 2.24) is 9.55 Å². The predicted molar refractivity (Wildman–Crippen MR) is 50.1 cm³/mol. The Morgan fingerprint density at radius 3 is 2.50 bits per heavy atom. The summed E-state index contributed by atoms with van der Waals surface area (Å²) < 4.78 is 1.82. The molecule has 0 spiro atoms. The quantitative estimate of drug-likeness (QED) is 0.617. The largest absolute Gasteiger partial charge is 0.334 e. The van der Waals surface area contributed by atoms with Gasteiger partial charge in [-0.3, -0.25) is 0 Å². The highest BCUT2D eigenvalue weighted by atomic mass is 15.0. The second kappa shape index (κ2) is 2.86. The Kier molecular flexibility index (Phi) is 1.69. The zero-order valence-corrected chi connectivity index (χ0v) is 7.52. The molecule has 4 nitrogen and oxygen atoms in total. The Morgan fingerprint density at radius 1 is 1.21 bits per heavy atom. The summed E-state index contributed by atoms with van der Waals surface area (Å²) in [4.78, 5) is 4.10. The van der Waals surface area contributed by atoms with Gasteiger partial charge in [-0.05, 0) is 12.1 Å². The Balaban J connectivity index is 2.88. The van der Waals surface area contributed by atoms with Gasteiger partial charge in [0.2, 0.25) is 0 Å². The molecule has 0 atom stereocenters. The molecule has 14 heavy (non-hydrogen) atoms. The van der Waals surface area contributed by atoms with Crippen molar-refractivity contribution < 1.29 is 0 Å². The van der Waals surface area contributed by atoms with Gasteiger partial charge < -0.3 is 4.57 Å². The molecule has 4 heteroatoms. The number of nitriles is 2. The van der Waals surface area contributed by atoms with Gasteiger partial charge in [-0.1, -0.05) is 0 Å². The third-order valence-corrected chi connectivity index (χ3v) is 2.11. The zero-order chi connectivity index (χ0) is 10.1. The molecule has 0 aliphatic heterocycles. The number of imidazole rings is 1. The Hall–Kier alpha value is -2.33. The van der Waals surface area contributed by atoms with E-state index in [4.69, 9.17) is 10.5 Å². The van der Waals surface area contributed by atoms with Crippen LogP contribution in [0.15, 0.2) is 18.5 Å². The van der Waals surface area contributed by atoms with Crippen LogP contribution in [-0.2, 0) is 7.05 Å². The highest BCUT2D eigenvalue weighted by molar-refractivity contribution is 5.79. The molecule has 66 valence electrons. The van der Waals surface area contributed by atoms with Crippen molar-refractivity contribution >= 4 is 11.0 Å². The van der Waals surface area contributed by atoms with Crippen LogP contribution in [0.3, 0.4) is 0 Å². The summed E-state index contributed by atoms with van der Waals surface area (Å²) in [5.41, 5.74) is 2.37. The van der Waals surface area contributed by atoms with Crippen molar-refractivity contribution in [2.45, 2.75) is 0 Å². The van der Waals surface area contributed by atoms with Crippen molar-refractivity contribution in [3.63, 3.8) is 0 Å². The van der Waals surface area contributed by atoms with E-state index in [0.29, 0.717) is 11.1 Å². The highest BCUT2D eigenvalue weighted by Crippen LogP contribution is 2.17. The van der Waals surface area contributed by atoms with Crippen molar-refractivity contribution in [3.8, 4) is 12.1 Å². The number of fused-ring (bicyclic) bond motifs is 1. The van der Waals surface area contributed by atoms with E-state index in [1.165, 1.54) is 0 Å². The molecule has 1 aromatic heterocycles. The minimum absolute atomic E-state index is 0.374. The van der Waals surface area contributed by atoms with Crippen LogP contribution >= 0.6 is 0 Å². The van der Waals surface area contributed by atoms with E-state index in [2.05, 4.69) is 4.98 Å². The number of rotatable bonds is 0. The molecule has 0 unspecified atom stereocenters. The lowest BCUT2D eigenvalue weighted by atomic mass is 10.1. The first-order valence-electron chi connectivity index (χ1n) is 4.01. The standard InChI is InChI=1S/C10H6N4/c1-14-6-13-9-2-7(4-11)8(5-12)3-10(9)14/h2-3,6H,1H3. The van der Waals surface area contributed by atoms with Gasteiger partial charge in [0, 0.05) is 7.05 Å². The molecule has 2 rings (SSSR count). The molecular formula is C10H6N4. The summed E-state index contributed by atoms with van der Waals surface area (Å²) in [6.45, 7) is 0. The lowest BCUT2D eigenvalue weighted by Gasteiger charge is -1.96. The number of benzene rings is 1. The molecular weight excluding hydrogens is 176 g/mol. The van der Waals surface area contributed by atoms with Crippen LogP contribution in [0.25, 0.3) is 11.0 Å². The molecule has 0 aliphatic carbocycles. The van der Waals surface area contributed by atoms with Crippen LogP contribution in [0.4, 0.5) is 0 Å². The zero-order valence-electron chi connectivity index (χ0n) is 7.52. The van der Waals surface area contributed by atoms with E-state index in [9.17, 15) is 0 Å². The summed E-state index contributed by atoms with van der Waals surface area (Å²) in [6.07, 6.45) is 1.66. The van der Waals surface area contributed by atoms with E-state index in [1.807, 2.05) is 23.8 Å². The molecule has 0 saturated carbocycles. The molecule has 0 amide bonds. The van der Waals surface area contributed by atoms with E-state index in [-0.39, 0.29) is 0 Å². The third kappa shape index (κ3) is 1.02. The number of hydrogen-bond donors (Lipinski definition) is 0. The molecule has 0 aliphatic rings. The van der Waals surface area contributed by atoms with Crippen molar-refractivity contribution in [1.29, 1.82) is 10.5 Å². The normalized spacial score (nSPS) is 9.64. The Bertz CT molecular complexity index is 580. The van der Waals surface area contributed by atoms with E-state index in [0.717, 1.165) is 11.0 Å². The fourth-order valence-corrected chi connectivity index (χ4v) is 1.36. The first kappa shape index (κ1) is 8.28. The second-order valence-electron chi connectivity index (χ2n) is 2.97. The van der Waals surface area contributed by atoms with Gasteiger partial charge in [-0.25, -0.2) is 4.98 Å². The van der Waals surface area contributed by atoms with Crippen molar-refractivity contribution in [3.05, 3.63) is 29.6 Å². The maximum absolute atomic E-state index is 8.81. The lowest BCUT2D eigenvalue weighted by molar-refractivity contribution is 0.947. The molecule has 0 radical (unpaired) electrons. The molecule has 2 aromatic rings. The number of aryl methyl sites for hydroxylation is 1. The monoisotopic (exact) mass is 182 g/mol. The first-order valence-corrected chi connectivity index (χ1v) is 4.01. The van der Waals surface area contributed by atoms with Crippen LogP contribution in [0.2, 0.25) is 0 Å². The van der Waals surface area contributed by atoms with Crippen LogP contribution < -0.4 is 0 Å². The van der Waals surface area contributed by atoms with Gasteiger partial charge >= 0.3 is 0 Å². The molecule has 1 aromatic carbocycles. The van der Waals surface area contributed by atoms with Crippen molar-refractivity contribution in [2.75, 3.05) is 0 Å². The third-order valence-electron chi connectivity index (χ3n) is 2.11. The van der Waals surface area contributed by atoms with Crippen molar-refractivity contribution in [2.24, 2.45) is 7.05 Å². The van der Waals surface area contributed by atoms with E-state index >= 15 is 0 Å². The van der Waals surface area contributed by atoms with Gasteiger partial charge in [0.25, 0.3) is 0 Å². The average molecular weight is 182 g/mol. The maximum Gasteiger partial charge on any atom is 0.101 e. The average Bonchev–Trinajstić information content (AvgIpc) is 2.58. The maximum atomic E-state index is 8.81. The van der Waals surface area contributed by atoms with Crippen LogP contribution in [0, 0.1) is 22.7 Å². The summed E-state index contributed by atoms with van der Waals surface area (Å²) >= 11 is 0. The van der Waals surface area contributed by atoms with Gasteiger partial charge in [0.1, 0.15) is 12.1 Å². The minimum atomic E-state index is 0.374. The molecule has 0 bridgehead atoms. The fourth-order valence-electron chi connectivity index (χ4n) is 1.36. The second-order valence-corrected chi connectivity index (χ2v) is 2.97. The number of aromatic nitrogens is 2. The molecule has 0 fully saturated rings. The summed E-state index contributed by atoms with van der Waals surface area (Å²) in [5, 5.41) is 17.6. The van der Waals surface area contributed by atoms with E-state index in [1.54, 1.807) is 18.5 Å². The van der Waals surface area contributed by atoms with Gasteiger partial charge in [0.15, 0.2) is 0 Å². The van der Waals surface area contributed by atoms with Gasteiger partial charge in [-0.2, -0.15) is 10.5 Å². The summed E-state index contributed by atoms with van der Waals surface area (Å²) in [6, 6.07) is 7.28. The topological polar surface area (TPSA) is 65.4 Å². The van der Waals surface area contributed by atoms with Crippen LogP contribution in [0.5, 0.6) is 0 Å². The first-order chi connectivity index (χ1) is 6.76. The van der Waals surface area contributed by atoms with Gasteiger partial charge in [-0.15, -0.1) is 0 Å². The Labute approximate surface area is 80.6 Å². The smallest absolute Gasteiger partial charge is 0.101 e. The predicted octanol–water partition coefficient (Wildman–Crippen LogP) is 1.32. The van der Waals surface area contributed by atoms with Crippen LogP contribution in [-0.4, -0.2) is 9.55 Å². The molecule has 0 N–H and O–H groups in total. The molecule has 1 heterocycles. The summed E-state index contributed by atoms with van der Waals surface area (Å²) in [7, 11) is 1.85. The summed E-state index contributed by atoms with van der Waals surface area (Å²) in [5.74, 6) is 0. The van der Waals surface area contributed by atoms with E-state index < -0.39 is 0 Å². The number of hydrogen-bond acceptors (Lipinski definition) is 3. The molecule has 0 saturated heterocycles. The fraction of sp³-hybridized carbons (Fsp3) is 0.100. The van der Waals surface area contributed by atoms with Crippen LogP contribution in [0.1, 0.15) is 11.1 Å². The van der Waals surface area contributed by atoms with Gasteiger partial charge in [0.05, 0.1) is 28.5 Å².